The molecule has 2 rings (SSSR count). The first kappa shape index (κ1) is 21.2. The minimum Gasteiger partial charge on any atom is -0.462 e. The van der Waals surface area contributed by atoms with Crippen LogP contribution in [0.15, 0.2) is 46.0 Å². The van der Waals surface area contributed by atoms with Gasteiger partial charge in [0.15, 0.2) is 5.78 Å². The van der Waals surface area contributed by atoms with E-state index in [0.29, 0.717) is 34.2 Å². The lowest BCUT2D eigenvalue weighted by molar-refractivity contribution is -0.137. The fourth-order valence-corrected chi connectivity index (χ4v) is 3.96. The van der Waals surface area contributed by atoms with Crippen LogP contribution in [0.2, 0.25) is 0 Å². The molecule has 1 aromatic carbocycles. The number of hydrogen-bond donors (Lipinski definition) is 0. The Labute approximate surface area is 172 Å². The summed E-state index contributed by atoms with van der Waals surface area (Å²) in [5, 5.41) is 0.684. The smallest absolute Gasteiger partial charge is 0.346 e. The Kier molecular flexibility index (Phi) is 7.08. The molecule has 0 radical (unpaired) electrons. The van der Waals surface area contributed by atoms with Crippen molar-refractivity contribution < 1.29 is 14.3 Å². The van der Waals surface area contributed by atoms with Crippen molar-refractivity contribution in [3.05, 3.63) is 57.1 Å². The molecule has 0 spiro atoms. The summed E-state index contributed by atoms with van der Waals surface area (Å²) in [6.07, 6.45) is 1.51. The summed E-state index contributed by atoms with van der Waals surface area (Å²) in [6, 6.07) is 6.43. The molecule has 0 atom stereocenters. The normalized spacial score (nSPS) is 16.4. The van der Waals surface area contributed by atoms with Crippen LogP contribution in [-0.2, 0) is 13.3 Å². The van der Waals surface area contributed by atoms with Crippen molar-refractivity contribution in [2.24, 2.45) is 0 Å². The molecule has 0 saturated carbocycles. The van der Waals surface area contributed by atoms with Crippen molar-refractivity contribution in [3.8, 4) is 0 Å². The summed E-state index contributed by atoms with van der Waals surface area (Å²) in [6.45, 7) is 6.48. The van der Waals surface area contributed by atoms with Gasteiger partial charge in [-0.15, -0.1) is 0 Å². The largest absolute Gasteiger partial charge is 0.462 e. The summed E-state index contributed by atoms with van der Waals surface area (Å²) < 4.78 is 3.55. The number of carbonyl (C=O) groups excluding carboxylic acids is 2. The van der Waals surface area contributed by atoms with Crippen LogP contribution < -0.4 is 0 Å². The fraction of sp³-hybridized carbons (Fsp3) is 0.333. The Morgan fingerprint density at radius 2 is 1.81 bits per heavy atom. The number of hydrogen-bond acceptors (Lipinski definition) is 5. The minimum atomic E-state index is -1.53. The van der Waals surface area contributed by atoms with Crippen molar-refractivity contribution in [2.75, 3.05) is 13.2 Å². The first-order chi connectivity index (χ1) is 12.2. The highest BCUT2D eigenvalue weighted by atomic mass is 35.6. The number of thioether (sulfide) groups is 1. The summed E-state index contributed by atoms with van der Waals surface area (Å²) in [5.74, 6) is -0.573. The molecule has 1 aromatic rings. The van der Waals surface area contributed by atoms with E-state index in [1.54, 1.807) is 31.2 Å². The lowest BCUT2D eigenvalue weighted by atomic mass is 10.1. The fourth-order valence-electron chi connectivity index (χ4n) is 2.43. The lowest BCUT2D eigenvalue weighted by Crippen LogP contribution is -2.17. The van der Waals surface area contributed by atoms with E-state index in [0.717, 1.165) is 5.70 Å². The molecule has 0 unspecified atom stereocenters. The number of nitrogens with zero attached hydrogens (tertiary/aromatic N) is 1. The van der Waals surface area contributed by atoms with E-state index in [-0.39, 0.29) is 11.8 Å². The second-order valence-electron chi connectivity index (χ2n) is 5.40. The van der Waals surface area contributed by atoms with E-state index in [2.05, 4.69) is 0 Å². The molecule has 140 valence electrons. The Morgan fingerprint density at radius 3 is 2.31 bits per heavy atom. The first-order valence-electron chi connectivity index (χ1n) is 7.95. The van der Waals surface area contributed by atoms with Gasteiger partial charge in [-0.05, 0) is 20.8 Å². The molecule has 1 aliphatic heterocycles. The quantitative estimate of drug-likeness (QED) is 0.269. The molecule has 1 heterocycles. The number of alkyl halides is 3. The Morgan fingerprint density at radius 1 is 1.19 bits per heavy atom. The van der Waals surface area contributed by atoms with Crippen LogP contribution in [0.1, 0.15) is 36.7 Å². The van der Waals surface area contributed by atoms with Gasteiger partial charge in [0.05, 0.1) is 11.6 Å². The number of halogens is 3. The van der Waals surface area contributed by atoms with E-state index in [1.807, 2.05) is 18.7 Å². The zero-order valence-electron chi connectivity index (χ0n) is 14.5. The first-order valence-corrected chi connectivity index (χ1v) is 9.90. The maximum atomic E-state index is 12.6. The number of rotatable bonds is 5. The van der Waals surface area contributed by atoms with Gasteiger partial charge < -0.3 is 9.64 Å². The molecule has 0 N–H and O–H groups in total. The average molecular weight is 435 g/mol. The molecule has 0 amide bonds. The molecule has 1 aliphatic rings. The molecular formula is C18H18Cl3NO3S. The molecule has 0 fully saturated rings. The zero-order chi connectivity index (χ0) is 19.5. The van der Waals surface area contributed by atoms with Gasteiger partial charge in [-0.3, -0.25) is 4.79 Å². The lowest BCUT2D eigenvalue weighted by Gasteiger charge is -2.18. The van der Waals surface area contributed by atoms with Crippen LogP contribution in [0.4, 0.5) is 0 Å². The highest BCUT2D eigenvalue weighted by molar-refractivity contribution is 8.07. The summed E-state index contributed by atoms with van der Waals surface area (Å²) in [4.78, 5) is 27.1. The van der Waals surface area contributed by atoms with Crippen molar-refractivity contribution in [3.63, 3.8) is 0 Å². The van der Waals surface area contributed by atoms with Crippen molar-refractivity contribution >= 4 is 58.3 Å². The monoisotopic (exact) mass is 433 g/mol. The van der Waals surface area contributed by atoms with Crippen LogP contribution in [0, 0.1) is 0 Å². The second kappa shape index (κ2) is 8.70. The number of carbonyl (C=O) groups is 2. The maximum absolute atomic E-state index is 12.6. The predicted octanol–water partition coefficient (Wildman–Crippen LogP) is 5.40. The van der Waals surface area contributed by atoms with E-state index >= 15 is 0 Å². The van der Waals surface area contributed by atoms with Gasteiger partial charge in [0, 0.05) is 29.4 Å². The predicted molar refractivity (Wildman–Crippen MR) is 107 cm³/mol. The third-order valence-electron chi connectivity index (χ3n) is 3.73. The molecule has 4 nitrogen and oxygen atoms in total. The molecule has 8 heteroatoms. The van der Waals surface area contributed by atoms with Gasteiger partial charge in [-0.25, -0.2) is 4.79 Å². The Hall–Kier alpha value is -1.14. The van der Waals surface area contributed by atoms with Crippen molar-refractivity contribution in [2.45, 2.75) is 24.6 Å². The summed E-state index contributed by atoms with van der Waals surface area (Å²) in [7, 11) is 0. The second-order valence-corrected chi connectivity index (χ2v) is 8.72. The van der Waals surface area contributed by atoms with Crippen LogP contribution in [0.25, 0.3) is 0 Å². The van der Waals surface area contributed by atoms with Crippen LogP contribution >= 0.6 is 46.6 Å². The maximum Gasteiger partial charge on any atom is 0.346 e. The molecule has 0 aliphatic carbocycles. The zero-order valence-corrected chi connectivity index (χ0v) is 17.6. The number of ketones is 1. The van der Waals surface area contributed by atoms with Crippen LogP contribution in [0.3, 0.4) is 0 Å². The molecule has 0 aromatic heterocycles. The molecule has 0 saturated heterocycles. The minimum absolute atomic E-state index is 0.195. The highest BCUT2D eigenvalue weighted by Crippen LogP contribution is 2.42. The van der Waals surface area contributed by atoms with Gasteiger partial charge in [-0.1, -0.05) is 70.8 Å². The molecule has 26 heavy (non-hydrogen) atoms. The van der Waals surface area contributed by atoms with Gasteiger partial charge in [-0.2, -0.15) is 0 Å². The SMILES string of the molecule is CCOC(=O)C1=C(C)N(CC)C(=CC(=O)c2ccc(C(Cl)(Cl)Cl)cc2)S1. The topological polar surface area (TPSA) is 46.6 Å². The standard InChI is InChI=1S/C18H18Cl3NO3S/c1-4-22-11(3)16(17(24)25-5-2)26-15(22)10-14(23)12-6-8-13(9-7-12)18(19,20)21/h6-10H,4-5H2,1-3H3. The van der Waals surface area contributed by atoms with Gasteiger partial charge in [0.2, 0.25) is 3.79 Å². The van der Waals surface area contributed by atoms with Gasteiger partial charge >= 0.3 is 5.97 Å². The van der Waals surface area contributed by atoms with Gasteiger partial charge in [0.25, 0.3) is 0 Å². The number of benzene rings is 1. The number of esters is 1. The van der Waals surface area contributed by atoms with Gasteiger partial charge in [0.1, 0.15) is 4.91 Å². The molecular weight excluding hydrogens is 417 g/mol. The van der Waals surface area contributed by atoms with E-state index in [9.17, 15) is 9.59 Å². The molecule has 0 bridgehead atoms. The number of ether oxygens (including phenoxy) is 1. The summed E-state index contributed by atoms with van der Waals surface area (Å²) in [5.41, 5.74) is 1.73. The van der Waals surface area contributed by atoms with Crippen molar-refractivity contribution in [1.29, 1.82) is 0 Å². The summed E-state index contributed by atoms with van der Waals surface area (Å²) >= 11 is 18.7. The third-order valence-corrected chi connectivity index (χ3v) is 5.60. The Balaban J connectivity index is 2.23. The van der Waals surface area contributed by atoms with E-state index < -0.39 is 3.79 Å². The van der Waals surface area contributed by atoms with Crippen LogP contribution in [0.5, 0.6) is 0 Å². The third kappa shape index (κ3) is 4.77. The van der Waals surface area contributed by atoms with Crippen LogP contribution in [-0.4, -0.2) is 29.8 Å². The van der Waals surface area contributed by atoms with E-state index in [4.69, 9.17) is 39.5 Å². The highest BCUT2D eigenvalue weighted by Gasteiger charge is 2.30. The van der Waals surface area contributed by atoms with E-state index in [1.165, 1.54) is 17.8 Å². The van der Waals surface area contributed by atoms with Crippen molar-refractivity contribution in [1.82, 2.24) is 4.90 Å². The average Bonchev–Trinajstić information content (AvgIpc) is 2.90. The Bertz CT molecular complexity index is 767. The number of allylic oxidation sites excluding steroid dienone is 2.